The van der Waals surface area contributed by atoms with Crippen molar-refractivity contribution in [2.24, 2.45) is 5.92 Å². The number of amides is 4. The number of likely N-dealkylation sites (tertiary alicyclic amines) is 1. The Morgan fingerprint density at radius 1 is 1.10 bits per heavy atom. The normalized spacial score (nSPS) is 22.1. The zero-order chi connectivity index (χ0) is 28.8. The van der Waals surface area contributed by atoms with Gasteiger partial charge in [-0.25, -0.2) is 4.79 Å². The van der Waals surface area contributed by atoms with E-state index in [4.69, 9.17) is 4.74 Å². The molecule has 1 N–H and O–H groups in total. The minimum absolute atomic E-state index is 0.0106. The van der Waals surface area contributed by atoms with Crippen LogP contribution in [0.3, 0.4) is 0 Å². The Morgan fingerprint density at radius 3 is 2.45 bits per heavy atom. The van der Waals surface area contributed by atoms with Crippen LogP contribution < -0.4 is 10.2 Å². The van der Waals surface area contributed by atoms with E-state index < -0.39 is 23.8 Å². The molecule has 0 radical (unpaired) electrons. The zero-order valence-electron chi connectivity index (χ0n) is 23.3. The molecule has 0 unspecified atom stereocenters. The molecule has 2 aliphatic heterocycles. The van der Waals surface area contributed by atoms with E-state index in [0.29, 0.717) is 12.1 Å². The molecule has 2 bridgehead atoms. The summed E-state index contributed by atoms with van der Waals surface area (Å²) in [6, 6.07) is 14.1. The Morgan fingerprint density at radius 2 is 1.80 bits per heavy atom. The summed E-state index contributed by atoms with van der Waals surface area (Å²) < 4.78 is 5.58. The molecule has 0 spiro atoms. The van der Waals surface area contributed by atoms with E-state index in [9.17, 15) is 24.4 Å². The third-order valence-electron chi connectivity index (χ3n) is 7.89. The Balaban J connectivity index is 1.26. The Labute approximate surface area is 234 Å². The van der Waals surface area contributed by atoms with Crippen LogP contribution in [0.2, 0.25) is 0 Å². The van der Waals surface area contributed by atoms with Gasteiger partial charge in [0.25, 0.3) is 0 Å². The second-order valence-electron chi connectivity index (χ2n) is 11.9. The van der Waals surface area contributed by atoms with Crippen molar-refractivity contribution < 1.29 is 23.9 Å². The smallest absolute Gasteiger partial charge is 0.411 e. The first-order chi connectivity index (χ1) is 18.9. The number of piperidine rings is 1. The average molecular weight is 543 g/mol. The van der Waals surface area contributed by atoms with E-state index in [1.54, 1.807) is 25.7 Å². The van der Waals surface area contributed by atoms with Gasteiger partial charge in [-0.1, -0.05) is 36.4 Å². The molecule has 1 aliphatic carbocycles. The second kappa shape index (κ2) is 10.4. The molecular formula is C31H34N4O5. The minimum atomic E-state index is -0.756. The number of carbonyl (C=O) groups is 4. The topological polar surface area (TPSA) is 120 Å². The maximum Gasteiger partial charge on any atom is 0.411 e. The van der Waals surface area contributed by atoms with Gasteiger partial charge in [-0.3, -0.25) is 24.2 Å². The lowest BCUT2D eigenvalue weighted by Crippen LogP contribution is -2.55. The Hall–Kier alpha value is -4.19. The Kier molecular flexibility index (Phi) is 7.13. The van der Waals surface area contributed by atoms with E-state index in [0.717, 1.165) is 41.5 Å². The van der Waals surface area contributed by atoms with Crippen LogP contribution in [-0.2, 0) is 32.0 Å². The first-order valence-corrected chi connectivity index (χ1v) is 13.7. The van der Waals surface area contributed by atoms with Crippen LogP contribution in [0, 0.1) is 17.2 Å². The summed E-state index contributed by atoms with van der Waals surface area (Å²) in [5.41, 5.74) is 3.43. The number of ether oxygens (including phenoxy) is 1. The van der Waals surface area contributed by atoms with Crippen molar-refractivity contribution in [2.75, 3.05) is 4.90 Å². The van der Waals surface area contributed by atoms with E-state index in [1.807, 2.05) is 42.5 Å². The van der Waals surface area contributed by atoms with Gasteiger partial charge >= 0.3 is 6.09 Å². The lowest BCUT2D eigenvalue weighted by molar-refractivity contribution is -0.128. The van der Waals surface area contributed by atoms with Crippen molar-refractivity contribution in [3.63, 3.8) is 0 Å². The molecular weight excluding hydrogens is 508 g/mol. The van der Waals surface area contributed by atoms with Gasteiger partial charge in [-0.15, -0.1) is 0 Å². The number of benzene rings is 2. The van der Waals surface area contributed by atoms with Gasteiger partial charge in [-0.2, -0.15) is 5.26 Å². The summed E-state index contributed by atoms with van der Waals surface area (Å²) in [6.07, 6.45) is 2.56. The molecule has 2 fully saturated rings. The van der Waals surface area contributed by atoms with Crippen LogP contribution >= 0.6 is 0 Å². The summed E-state index contributed by atoms with van der Waals surface area (Å²) in [5, 5.41) is 12.7. The predicted octanol–water partition coefficient (Wildman–Crippen LogP) is 4.13. The van der Waals surface area contributed by atoms with Gasteiger partial charge in [0, 0.05) is 19.4 Å². The van der Waals surface area contributed by atoms with Crippen LogP contribution in [-0.4, -0.2) is 52.4 Å². The lowest BCUT2D eigenvalue weighted by atomic mass is 9.97. The molecule has 9 nitrogen and oxygen atoms in total. The molecule has 2 aromatic rings. The maximum atomic E-state index is 13.3. The SMILES string of the molecule is CC(=O)N1C(=O)Cc2ccc(-c3ccc(C[C@@H](C#N)NC(=O)[C@@H]4[C@H]5CC[C@H](C5)N4C(=O)OC(C)(C)C)cc3)cc21. The molecule has 40 heavy (non-hydrogen) atoms. The highest BCUT2D eigenvalue weighted by Gasteiger charge is 2.52. The quantitative estimate of drug-likeness (QED) is 0.607. The number of imide groups is 1. The van der Waals surface area contributed by atoms with Crippen LogP contribution in [0.25, 0.3) is 11.1 Å². The number of nitriles is 1. The van der Waals surface area contributed by atoms with Crippen molar-refractivity contribution in [1.82, 2.24) is 10.2 Å². The standard InChI is InChI=1S/C31H34N4O5/c1-18(36)34-26-15-21(9-10-22(26)16-27(34)37)20-7-5-19(6-8-20)13-24(17-32)33-29(38)28-23-11-12-25(14-23)35(28)30(39)40-31(2,3)4/h5-10,15,23-25,28H,11-14,16H2,1-4H3,(H,33,38)/t23-,24-,25+,28-/m0/s1. The largest absolute Gasteiger partial charge is 0.444 e. The molecule has 9 heteroatoms. The third-order valence-corrected chi connectivity index (χ3v) is 7.89. The summed E-state index contributed by atoms with van der Waals surface area (Å²) in [4.78, 5) is 53.2. The minimum Gasteiger partial charge on any atom is -0.444 e. The molecule has 4 atom stereocenters. The summed E-state index contributed by atoms with van der Waals surface area (Å²) in [7, 11) is 0. The number of nitrogens with one attached hydrogen (secondary N) is 1. The summed E-state index contributed by atoms with van der Waals surface area (Å²) >= 11 is 0. The molecule has 2 aromatic carbocycles. The van der Waals surface area contributed by atoms with Gasteiger partial charge in [0.2, 0.25) is 17.7 Å². The van der Waals surface area contributed by atoms with Crippen molar-refractivity contribution in [3.05, 3.63) is 53.6 Å². The number of hydrogen-bond acceptors (Lipinski definition) is 6. The first-order valence-electron chi connectivity index (χ1n) is 13.7. The van der Waals surface area contributed by atoms with Crippen LogP contribution in [0.1, 0.15) is 58.1 Å². The molecule has 208 valence electrons. The fraction of sp³-hybridized carbons (Fsp3) is 0.452. The number of nitrogens with zero attached hydrogens (tertiary/aromatic N) is 3. The van der Waals surface area contributed by atoms with Gasteiger partial charge in [0.15, 0.2) is 0 Å². The zero-order valence-corrected chi connectivity index (χ0v) is 23.3. The fourth-order valence-corrected chi connectivity index (χ4v) is 6.18. The van der Waals surface area contributed by atoms with E-state index in [1.165, 1.54) is 11.8 Å². The lowest BCUT2D eigenvalue weighted by Gasteiger charge is -2.35. The number of anilines is 1. The average Bonchev–Trinajstić information content (AvgIpc) is 3.59. The van der Waals surface area contributed by atoms with Crippen LogP contribution in [0.5, 0.6) is 0 Å². The number of hydrogen-bond donors (Lipinski definition) is 1. The summed E-state index contributed by atoms with van der Waals surface area (Å²) in [6.45, 7) is 6.79. The van der Waals surface area contributed by atoms with Crippen LogP contribution in [0.15, 0.2) is 42.5 Å². The number of fused-ring (bicyclic) bond motifs is 3. The van der Waals surface area contributed by atoms with Gasteiger partial charge < -0.3 is 10.1 Å². The summed E-state index contributed by atoms with van der Waals surface area (Å²) in [5.74, 6) is -0.777. The van der Waals surface area contributed by atoms with Gasteiger partial charge in [0.1, 0.15) is 17.7 Å². The number of carbonyl (C=O) groups excluding carboxylic acids is 4. The van der Waals surface area contributed by atoms with E-state index in [-0.39, 0.29) is 36.1 Å². The van der Waals surface area contributed by atoms with E-state index in [2.05, 4.69) is 11.4 Å². The molecule has 4 amide bonds. The molecule has 1 saturated carbocycles. The molecule has 3 aliphatic rings. The molecule has 5 rings (SSSR count). The monoisotopic (exact) mass is 542 g/mol. The van der Waals surface area contributed by atoms with Crippen molar-refractivity contribution in [2.45, 2.75) is 83.5 Å². The highest BCUT2D eigenvalue weighted by molar-refractivity contribution is 6.18. The highest BCUT2D eigenvalue weighted by Crippen LogP contribution is 2.43. The number of rotatable bonds is 5. The maximum absolute atomic E-state index is 13.3. The van der Waals surface area contributed by atoms with Crippen molar-refractivity contribution in [1.29, 1.82) is 5.26 Å². The van der Waals surface area contributed by atoms with E-state index >= 15 is 0 Å². The van der Waals surface area contributed by atoms with Crippen LogP contribution in [0.4, 0.5) is 10.5 Å². The molecule has 0 aromatic heterocycles. The second-order valence-corrected chi connectivity index (χ2v) is 11.9. The molecule has 1 saturated heterocycles. The Bertz CT molecular complexity index is 1400. The van der Waals surface area contributed by atoms with Gasteiger partial charge in [0.05, 0.1) is 18.2 Å². The predicted molar refractivity (Wildman–Crippen MR) is 148 cm³/mol. The molecule has 2 heterocycles. The fourth-order valence-electron chi connectivity index (χ4n) is 6.18. The van der Waals surface area contributed by atoms with Gasteiger partial charge in [-0.05, 0) is 74.3 Å². The third kappa shape index (κ3) is 5.31. The highest BCUT2D eigenvalue weighted by atomic mass is 16.6. The van der Waals surface area contributed by atoms with Crippen molar-refractivity contribution >= 4 is 29.5 Å². The first kappa shape index (κ1) is 27.4. The van der Waals surface area contributed by atoms with Crippen molar-refractivity contribution in [3.8, 4) is 17.2 Å².